The predicted molar refractivity (Wildman–Crippen MR) is 134 cm³/mol. The Labute approximate surface area is 203 Å². The van der Waals surface area contributed by atoms with E-state index < -0.39 is 0 Å². The number of nitrogens with zero attached hydrogens (tertiary/aromatic N) is 4. The molecule has 0 N–H and O–H groups in total. The molecule has 1 saturated carbocycles. The van der Waals surface area contributed by atoms with E-state index in [1.54, 1.807) is 23.6 Å². The van der Waals surface area contributed by atoms with Crippen LogP contribution in [0.2, 0.25) is 0 Å². The summed E-state index contributed by atoms with van der Waals surface area (Å²) >= 11 is 1.58. The molecule has 0 aromatic carbocycles. The molecule has 2 atom stereocenters. The number of hydrogen-bond donors (Lipinski definition) is 0. The number of fused-ring (bicyclic) bond motifs is 1. The topological polar surface area (TPSA) is 77.7 Å². The molecule has 4 aromatic heterocycles. The van der Waals surface area contributed by atoms with Gasteiger partial charge in [-0.3, -0.25) is 14.6 Å². The lowest BCUT2D eigenvalue weighted by Crippen LogP contribution is -2.22. The summed E-state index contributed by atoms with van der Waals surface area (Å²) in [5.74, 6) is 1.36. The summed E-state index contributed by atoms with van der Waals surface area (Å²) in [7, 11) is 0. The number of rotatable bonds is 7. The van der Waals surface area contributed by atoms with E-state index in [9.17, 15) is 9.59 Å². The highest BCUT2D eigenvalue weighted by atomic mass is 32.1. The fraction of sp³-hybridized carbons (Fsp3) is 0.370. The second-order valence-electron chi connectivity index (χ2n) is 9.06. The second-order valence-corrected chi connectivity index (χ2v) is 10.3. The number of carbonyl (C=O) groups is 2. The Morgan fingerprint density at radius 1 is 1.06 bits per heavy atom. The molecule has 0 spiro atoms. The van der Waals surface area contributed by atoms with Crippen LogP contribution < -0.4 is 0 Å². The van der Waals surface area contributed by atoms with Crippen LogP contribution in [-0.4, -0.2) is 31.1 Å². The molecule has 1 fully saturated rings. The van der Waals surface area contributed by atoms with Gasteiger partial charge >= 0.3 is 0 Å². The van der Waals surface area contributed by atoms with Crippen molar-refractivity contribution in [2.75, 3.05) is 0 Å². The summed E-state index contributed by atoms with van der Waals surface area (Å²) in [5, 5.41) is 0. The highest BCUT2D eigenvalue weighted by molar-refractivity contribution is 7.14. The number of imidazole rings is 1. The van der Waals surface area contributed by atoms with E-state index in [1.165, 1.54) is 4.88 Å². The predicted octanol–water partition coefficient (Wildman–Crippen LogP) is 6.46. The summed E-state index contributed by atoms with van der Waals surface area (Å²) < 4.78 is 2.25. The summed E-state index contributed by atoms with van der Waals surface area (Å²) in [4.78, 5) is 41.2. The van der Waals surface area contributed by atoms with Crippen molar-refractivity contribution in [2.24, 2.45) is 5.92 Å². The number of ketones is 2. The van der Waals surface area contributed by atoms with Crippen LogP contribution in [0.15, 0.2) is 48.7 Å². The Bertz CT molecular complexity index is 1340. The van der Waals surface area contributed by atoms with Gasteiger partial charge in [-0.2, -0.15) is 0 Å². The lowest BCUT2D eigenvalue weighted by Gasteiger charge is -2.31. The molecule has 174 valence electrons. The first-order chi connectivity index (χ1) is 16.5. The van der Waals surface area contributed by atoms with Crippen molar-refractivity contribution in [3.8, 4) is 11.5 Å². The molecule has 6 nitrogen and oxygen atoms in total. The molecule has 5 rings (SSSR count). The van der Waals surface area contributed by atoms with Crippen LogP contribution in [0, 0.1) is 12.8 Å². The minimum atomic E-state index is 0.0101. The van der Waals surface area contributed by atoms with Gasteiger partial charge in [-0.05, 0) is 68.5 Å². The maximum absolute atomic E-state index is 12.9. The molecule has 0 amide bonds. The van der Waals surface area contributed by atoms with Gasteiger partial charge in [0.25, 0.3) is 0 Å². The Morgan fingerprint density at radius 3 is 2.68 bits per heavy atom. The average Bonchev–Trinajstić information content (AvgIpc) is 3.47. The standard InChI is InChI=1S/C27H28N4O2S/c1-3-23(32)20-11-12-22-26(29-20)30-27(21-9-4-5-14-28-21)31(22)19-8-6-7-18(15-19)16-24(33)25-13-10-17(2)34-25/h4-5,9-14,18-19H,3,6-8,15-16H2,1-2H3/t18-,19+/m0/s1. The van der Waals surface area contributed by atoms with Crippen LogP contribution >= 0.6 is 11.3 Å². The van der Waals surface area contributed by atoms with Gasteiger partial charge in [0.15, 0.2) is 23.0 Å². The van der Waals surface area contributed by atoms with Gasteiger partial charge in [-0.1, -0.05) is 19.4 Å². The minimum absolute atomic E-state index is 0.0101. The first-order valence-corrected chi connectivity index (χ1v) is 12.8. The van der Waals surface area contributed by atoms with E-state index in [-0.39, 0.29) is 17.6 Å². The third-order valence-corrected chi connectivity index (χ3v) is 7.71. The van der Waals surface area contributed by atoms with Crippen molar-refractivity contribution >= 4 is 34.1 Å². The minimum Gasteiger partial charge on any atom is -0.318 e. The number of thiophene rings is 1. The van der Waals surface area contributed by atoms with Gasteiger partial charge < -0.3 is 4.57 Å². The number of aromatic nitrogens is 4. The van der Waals surface area contributed by atoms with Crippen LogP contribution in [0.5, 0.6) is 0 Å². The zero-order valence-electron chi connectivity index (χ0n) is 19.5. The maximum atomic E-state index is 12.9. The van der Waals surface area contributed by atoms with E-state index in [1.807, 2.05) is 50.2 Å². The smallest absolute Gasteiger partial charge is 0.180 e. The highest BCUT2D eigenvalue weighted by Crippen LogP contribution is 2.39. The molecule has 4 aromatic rings. The van der Waals surface area contributed by atoms with Crippen molar-refractivity contribution in [2.45, 2.75) is 58.4 Å². The van der Waals surface area contributed by atoms with Crippen molar-refractivity contribution in [1.82, 2.24) is 19.5 Å². The molecular formula is C27H28N4O2S. The van der Waals surface area contributed by atoms with Crippen molar-refractivity contribution in [3.05, 3.63) is 64.1 Å². The van der Waals surface area contributed by atoms with Gasteiger partial charge in [0, 0.05) is 30.0 Å². The molecule has 1 aliphatic carbocycles. The molecule has 1 aliphatic rings. The molecule has 7 heteroatoms. The molecule has 0 radical (unpaired) electrons. The van der Waals surface area contributed by atoms with Crippen LogP contribution in [0.1, 0.15) is 76.5 Å². The lowest BCUT2D eigenvalue weighted by atomic mass is 9.82. The second kappa shape index (κ2) is 9.58. The normalized spacial score (nSPS) is 18.3. The third-order valence-electron chi connectivity index (χ3n) is 6.66. The van der Waals surface area contributed by atoms with Gasteiger partial charge in [0.05, 0.1) is 10.4 Å². The highest BCUT2D eigenvalue weighted by Gasteiger charge is 2.29. The van der Waals surface area contributed by atoms with E-state index in [2.05, 4.69) is 14.5 Å². The summed E-state index contributed by atoms with van der Waals surface area (Å²) in [6.07, 6.45) is 6.81. The van der Waals surface area contributed by atoms with Crippen LogP contribution in [0.3, 0.4) is 0 Å². The van der Waals surface area contributed by atoms with E-state index in [0.29, 0.717) is 30.1 Å². The molecule has 0 saturated heterocycles. The van der Waals surface area contributed by atoms with Gasteiger partial charge in [0.2, 0.25) is 0 Å². The quantitative estimate of drug-likeness (QED) is 0.288. The van der Waals surface area contributed by atoms with Crippen molar-refractivity contribution < 1.29 is 9.59 Å². The first kappa shape index (κ1) is 22.6. The Kier molecular flexibility index (Phi) is 6.37. The zero-order valence-corrected chi connectivity index (χ0v) is 20.3. The molecule has 0 unspecified atom stereocenters. The largest absolute Gasteiger partial charge is 0.318 e. The number of hydrogen-bond acceptors (Lipinski definition) is 6. The number of aryl methyl sites for hydroxylation is 1. The number of carbonyl (C=O) groups excluding carboxylic acids is 2. The summed E-state index contributed by atoms with van der Waals surface area (Å²) in [6, 6.07) is 13.7. The third kappa shape index (κ3) is 4.44. The van der Waals surface area contributed by atoms with E-state index >= 15 is 0 Å². The van der Waals surface area contributed by atoms with Gasteiger partial charge in [-0.15, -0.1) is 11.3 Å². The van der Waals surface area contributed by atoms with Crippen molar-refractivity contribution in [3.63, 3.8) is 0 Å². The molecular weight excluding hydrogens is 444 g/mol. The summed E-state index contributed by atoms with van der Waals surface area (Å²) in [5.41, 5.74) is 2.73. The average molecular weight is 473 g/mol. The molecule has 0 bridgehead atoms. The summed E-state index contributed by atoms with van der Waals surface area (Å²) in [6.45, 7) is 3.88. The lowest BCUT2D eigenvalue weighted by molar-refractivity contribution is 0.0944. The van der Waals surface area contributed by atoms with Crippen LogP contribution in [0.4, 0.5) is 0 Å². The van der Waals surface area contributed by atoms with Gasteiger partial charge in [0.1, 0.15) is 11.4 Å². The molecule has 4 heterocycles. The Hall–Kier alpha value is -3.19. The van der Waals surface area contributed by atoms with E-state index in [0.717, 1.165) is 47.6 Å². The SMILES string of the molecule is CCC(=O)c1ccc2c(n1)nc(-c1ccccn1)n2[C@@H]1CCC[C@H](CC(=O)c2ccc(C)s2)C1. The monoisotopic (exact) mass is 472 g/mol. The fourth-order valence-electron chi connectivity index (χ4n) is 4.99. The van der Waals surface area contributed by atoms with Crippen LogP contribution in [-0.2, 0) is 0 Å². The number of Topliss-reactive ketones (excluding diaryl/α,β-unsaturated/α-hetero) is 2. The van der Waals surface area contributed by atoms with Crippen LogP contribution in [0.25, 0.3) is 22.7 Å². The molecule has 34 heavy (non-hydrogen) atoms. The van der Waals surface area contributed by atoms with E-state index in [4.69, 9.17) is 4.98 Å². The molecule has 0 aliphatic heterocycles. The fourth-order valence-corrected chi connectivity index (χ4v) is 5.81. The maximum Gasteiger partial charge on any atom is 0.180 e. The Morgan fingerprint density at radius 2 is 1.94 bits per heavy atom. The Balaban J connectivity index is 1.49. The number of pyridine rings is 2. The zero-order chi connectivity index (χ0) is 23.7. The first-order valence-electron chi connectivity index (χ1n) is 12.0. The van der Waals surface area contributed by atoms with Gasteiger partial charge in [-0.25, -0.2) is 9.97 Å². The van der Waals surface area contributed by atoms with Crippen molar-refractivity contribution in [1.29, 1.82) is 0 Å².